The quantitative estimate of drug-likeness (QED) is 0.438. The van der Waals surface area contributed by atoms with Crippen molar-refractivity contribution >= 4 is 38.6 Å². The van der Waals surface area contributed by atoms with Crippen molar-refractivity contribution in [3.8, 4) is 0 Å². The predicted octanol–water partition coefficient (Wildman–Crippen LogP) is 3.43. The SMILES string of the molecule is CCOC(=O)Nc1ccc2c(COC(=O)c3cc(S(C)(=O)=O)ccc3C)cc(=O)oc2c1. The zero-order valence-corrected chi connectivity index (χ0v) is 18.4. The number of carbonyl (C=O) groups is 2. The molecule has 1 aromatic heterocycles. The molecule has 0 spiro atoms. The summed E-state index contributed by atoms with van der Waals surface area (Å²) >= 11 is 0. The average molecular weight is 459 g/mol. The Morgan fingerprint density at radius 3 is 2.50 bits per heavy atom. The lowest BCUT2D eigenvalue weighted by Crippen LogP contribution is -2.13. The van der Waals surface area contributed by atoms with Crippen LogP contribution in [-0.4, -0.2) is 33.3 Å². The number of ether oxygens (including phenoxy) is 2. The van der Waals surface area contributed by atoms with Crippen molar-refractivity contribution < 1.29 is 31.9 Å². The monoisotopic (exact) mass is 459 g/mol. The fourth-order valence-electron chi connectivity index (χ4n) is 2.98. The van der Waals surface area contributed by atoms with Gasteiger partial charge in [-0.1, -0.05) is 6.07 Å². The van der Waals surface area contributed by atoms with Crippen molar-refractivity contribution in [2.45, 2.75) is 25.3 Å². The summed E-state index contributed by atoms with van der Waals surface area (Å²) in [5, 5.41) is 3.02. The lowest BCUT2D eigenvalue weighted by molar-refractivity contribution is 0.0472. The number of amides is 1. The van der Waals surface area contributed by atoms with Crippen LogP contribution in [0.3, 0.4) is 0 Å². The van der Waals surface area contributed by atoms with E-state index < -0.39 is 27.5 Å². The van der Waals surface area contributed by atoms with Crippen LogP contribution in [0.25, 0.3) is 11.0 Å². The van der Waals surface area contributed by atoms with E-state index in [1.165, 1.54) is 30.3 Å². The van der Waals surface area contributed by atoms with Crippen LogP contribution in [-0.2, 0) is 25.9 Å². The summed E-state index contributed by atoms with van der Waals surface area (Å²) in [6.07, 6.45) is 0.402. The third-order valence-electron chi connectivity index (χ3n) is 4.57. The van der Waals surface area contributed by atoms with Crippen molar-refractivity contribution in [2.75, 3.05) is 18.2 Å². The highest BCUT2D eigenvalue weighted by Gasteiger charge is 2.17. The third kappa shape index (κ3) is 5.33. The predicted molar refractivity (Wildman–Crippen MR) is 117 cm³/mol. The normalized spacial score (nSPS) is 11.2. The Morgan fingerprint density at radius 2 is 1.81 bits per heavy atom. The van der Waals surface area contributed by atoms with Gasteiger partial charge in [0.2, 0.25) is 0 Å². The van der Waals surface area contributed by atoms with Gasteiger partial charge < -0.3 is 13.9 Å². The first-order valence-electron chi connectivity index (χ1n) is 9.57. The number of esters is 1. The molecule has 0 unspecified atom stereocenters. The summed E-state index contributed by atoms with van der Waals surface area (Å²) in [5.41, 5.74) is 0.946. The van der Waals surface area contributed by atoms with Gasteiger partial charge in [-0.2, -0.15) is 0 Å². The summed E-state index contributed by atoms with van der Waals surface area (Å²) in [6, 6.07) is 10.1. The minimum absolute atomic E-state index is 0.00230. The Balaban J connectivity index is 1.85. The van der Waals surface area contributed by atoms with Gasteiger partial charge >= 0.3 is 17.7 Å². The number of fused-ring (bicyclic) bond motifs is 1. The van der Waals surface area contributed by atoms with E-state index >= 15 is 0 Å². The molecule has 9 nitrogen and oxygen atoms in total. The number of nitrogens with one attached hydrogen (secondary N) is 1. The van der Waals surface area contributed by atoms with Gasteiger partial charge in [0.15, 0.2) is 9.84 Å². The number of benzene rings is 2. The van der Waals surface area contributed by atoms with Crippen molar-refractivity contribution in [1.82, 2.24) is 0 Å². The number of sulfone groups is 1. The molecule has 0 bridgehead atoms. The molecular weight excluding hydrogens is 438 g/mol. The minimum Gasteiger partial charge on any atom is -0.457 e. The summed E-state index contributed by atoms with van der Waals surface area (Å²) in [4.78, 5) is 36.2. The fourth-order valence-corrected chi connectivity index (χ4v) is 3.63. The molecule has 3 rings (SSSR count). The molecule has 1 heterocycles. The van der Waals surface area contributed by atoms with Crippen LogP contribution in [0.5, 0.6) is 0 Å². The Hall–Kier alpha value is -3.66. The van der Waals surface area contributed by atoms with Gasteiger partial charge in [-0.3, -0.25) is 5.32 Å². The molecule has 32 heavy (non-hydrogen) atoms. The van der Waals surface area contributed by atoms with Crippen molar-refractivity contribution in [3.63, 3.8) is 0 Å². The van der Waals surface area contributed by atoms with E-state index in [4.69, 9.17) is 13.9 Å². The van der Waals surface area contributed by atoms with Crippen LogP contribution < -0.4 is 10.9 Å². The molecule has 0 atom stereocenters. The minimum atomic E-state index is -3.49. The Kier molecular flexibility index (Phi) is 6.64. The molecule has 0 fully saturated rings. The molecule has 1 N–H and O–H groups in total. The fraction of sp³-hybridized carbons (Fsp3) is 0.227. The first kappa shape index (κ1) is 23.0. The van der Waals surface area contributed by atoms with Crippen LogP contribution in [0, 0.1) is 6.92 Å². The van der Waals surface area contributed by atoms with E-state index in [1.54, 1.807) is 26.0 Å². The molecule has 3 aromatic rings. The van der Waals surface area contributed by atoms with E-state index in [2.05, 4.69) is 5.32 Å². The smallest absolute Gasteiger partial charge is 0.411 e. The van der Waals surface area contributed by atoms with Gasteiger partial charge in [0, 0.05) is 35.0 Å². The van der Waals surface area contributed by atoms with Gasteiger partial charge in [0.25, 0.3) is 0 Å². The van der Waals surface area contributed by atoms with E-state index in [0.717, 1.165) is 6.26 Å². The van der Waals surface area contributed by atoms with E-state index in [0.29, 0.717) is 22.2 Å². The molecule has 0 saturated carbocycles. The highest BCUT2D eigenvalue weighted by molar-refractivity contribution is 7.90. The average Bonchev–Trinajstić information content (AvgIpc) is 2.71. The van der Waals surface area contributed by atoms with Crippen molar-refractivity contribution in [2.24, 2.45) is 0 Å². The Labute approximate surface area is 183 Å². The number of hydrogen-bond acceptors (Lipinski definition) is 8. The Morgan fingerprint density at radius 1 is 1.06 bits per heavy atom. The number of rotatable bonds is 6. The van der Waals surface area contributed by atoms with E-state index in [1.807, 2.05) is 0 Å². The van der Waals surface area contributed by atoms with Crippen LogP contribution in [0.4, 0.5) is 10.5 Å². The molecule has 168 valence electrons. The first-order chi connectivity index (χ1) is 15.1. The first-order valence-corrected chi connectivity index (χ1v) is 11.5. The zero-order valence-electron chi connectivity index (χ0n) is 17.6. The van der Waals surface area contributed by atoms with Crippen molar-refractivity contribution in [1.29, 1.82) is 0 Å². The van der Waals surface area contributed by atoms with E-state index in [9.17, 15) is 22.8 Å². The van der Waals surface area contributed by atoms with Gasteiger partial charge in [-0.25, -0.2) is 22.8 Å². The van der Waals surface area contributed by atoms with Crippen LogP contribution in [0.2, 0.25) is 0 Å². The van der Waals surface area contributed by atoms with Crippen LogP contribution >= 0.6 is 0 Å². The second kappa shape index (κ2) is 9.23. The number of aryl methyl sites for hydroxylation is 1. The second-order valence-corrected chi connectivity index (χ2v) is 8.99. The van der Waals surface area contributed by atoms with Gasteiger partial charge in [0.1, 0.15) is 12.2 Å². The third-order valence-corrected chi connectivity index (χ3v) is 5.68. The number of carbonyl (C=O) groups excluding carboxylic acids is 2. The maximum Gasteiger partial charge on any atom is 0.411 e. The molecule has 0 aliphatic carbocycles. The molecule has 10 heteroatoms. The van der Waals surface area contributed by atoms with E-state index in [-0.39, 0.29) is 29.3 Å². The highest BCUT2D eigenvalue weighted by atomic mass is 32.2. The number of anilines is 1. The molecule has 2 aromatic carbocycles. The maximum absolute atomic E-state index is 12.6. The number of hydrogen-bond donors (Lipinski definition) is 1. The molecule has 1 amide bonds. The topological polar surface area (TPSA) is 129 Å². The molecule has 0 saturated heterocycles. The van der Waals surface area contributed by atoms with Crippen molar-refractivity contribution in [3.05, 3.63) is 69.6 Å². The van der Waals surface area contributed by atoms with Gasteiger partial charge in [-0.15, -0.1) is 0 Å². The molecule has 0 aliphatic heterocycles. The molecule has 0 aliphatic rings. The lowest BCUT2D eigenvalue weighted by Gasteiger charge is -2.11. The summed E-state index contributed by atoms with van der Waals surface area (Å²) in [6.45, 7) is 3.30. The summed E-state index contributed by atoms with van der Waals surface area (Å²) < 4.78 is 38.9. The van der Waals surface area contributed by atoms with Crippen LogP contribution in [0.15, 0.2) is 56.6 Å². The van der Waals surface area contributed by atoms with Crippen LogP contribution in [0.1, 0.15) is 28.4 Å². The van der Waals surface area contributed by atoms with Gasteiger partial charge in [0.05, 0.1) is 17.1 Å². The molecular formula is C22H21NO8S. The summed E-state index contributed by atoms with van der Waals surface area (Å²) in [7, 11) is -3.49. The second-order valence-electron chi connectivity index (χ2n) is 6.97. The standard InChI is InChI=1S/C22H21NO8S/c1-4-29-22(26)23-15-6-8-17-14(9-20(24)31-19(17)10-15)12-30-21(25)18-11-16(32(3,27)28)7-5-13(18)2/h5-11H,4,12H2,1-3H3,(H,23,26). The Bertz CT molecular complexity index is 1360. The lowest BCUT2D eigenvalue weighted by atomic mass is 10.1. The zero-order chi connectivity index (χ0) is 23.5. The summed E-state index contributed by atoms with van der Waals surface area (Å²) in [5.74, 6) is -0.727. The maximum atomic E-state index is 12.6. The largest absolute Gasteiger partial charge is 0.457 e. The van der Waals surface area contributed by atoms with Gasteiger partial charge in [-0.05, 0) is 43.7 Å². The highest BCUT2D eigenvalue weighted by Crippen LogP contribution is 2.23. The molecule has 0 radical (unpaired) electrons.